The average Bonchev–Trinajstić information content (AvgIpc) is 2.82. The normalized spacial score (nSPS) is 12.5. The molecule has 2 atom stereocenters. The Hall–Kier alpha value is -4.08. The molecule has 0 unspecified atom stereocenters. The highest BCUT2D eigenvalue weighted by Crippen LogP contribution is 2.09. The van der Waals surface area contributed by atoms with E-state index >= 15 is 0 Å². The number of hydrogen-bond donors (Lipinski definition) is 3. The maximum Gasteiger partial charge on any atom is 0.426 e. The molecule has 3 N–H and O–H groups in total. The molecule has 194 valence electrons. The maximum absolute atomic E-state index is 13.0. The van der Waals surface area contributed by atoms with Gasteiger partial charge in [-0.15, -0.1) is 0 Å². The highest BCUT2D eigenvalue weighted by molar-refractivity contribution is 5.90. The quantitative estimate of drug-likeness (QED) is 0.380. The van der Waals surface area contributed by atoms with Gasteiger partial charge < -0.3 is 20.1 Å². The first kappa shape index (κ1) is 28.2. The topological polar surface area (TPSA) is 126 Å². The number of esters is 1. The summed E-state index contributed by atoms with van der Waals surface area (Å²) in [6.45, 7) is 6.60. The number of carbonyl (C=O) groups excluding carboxylic acids is 4. The van der Waals surface area contributed by atoms with Crippen LogP contribution in [0.4, 0.5) is 9.59 Å². The molecule has 0 radical (unpaired) electrons. The zero-order valence-electron chi connectivity index (χ0n) is 21.2. The highest BCUT2D eigenvalue weighted by atomic mass is 16.6. The molecule has 0 saturated heterocycles. The van der Waals surface area contributed by atoms with Crippen LogP contribution in [0.2, 0.25) is 0 Å². The third kappa shape index (κ3) is 9.65. The van der Waals surface area contributed by atoms with Crippen molar-refractivity contribution in [3.05, 3.63) is 71.8 Å². The number of hydrogen-bond acceptors (Lipinski definition) is 6. The van der Waals surface area contributed by atoms with Crippen molar-refractivity contribution < 1.29 is 28.7 Å². The van der Waals surface area contributed by atoms with Gasteiger partial charge in [-0.25, -0.2) is 24.8 Å². The summed E-state index contributed by atoms with van der Waals surface area (Å²) in [5.74, 6) is -1.20. The largest absolute Gasteiger partial charge is 0.467 e. The lowest BCUT2D eigenvalue weighted by Gasteiger charge is -2.27. The number of nitrogens with zero attached hydrogens (tertiary/aromatic N) is 1. The first-order valence-electron chi connectivity index (χ1n) is 11.5. The fraction of sp³-hybridized carbons (Fsp3) is 0.385. The first-order valence-corrected chi connectivity index (χ1v) is 11.5. The molecule has 4 amide bonds. The van der Waals surface area contributed by atoms with E-state index in [-0.39, 0.29) is 13.0 Å². The minimum absolute atomic E-state index is 0.0268. The number of ether oxygens (including phenoxy) is 2. The molecule has 0 saturated carbocycles. The summed E-state index contributed by atoms with van der Waals surface area (Å²) in [7, 11) is 1.24. The van der Waals surface area contributed by atoms with E-state index in [0.717, 1.165) is 16.1 Å². The van der Waals surface area contributed by atoms with Crippen molar-refractivity contribution in [1.29, 1.82) is 0 Å². The minimum atomic E-state index is -1.03. The number of benzene rings is 2. The molecule has 0 aromatic heterocycles. The van der Waals surface area contributed by atoms with Crippen molar-refractivity contribution in [1.82, 2.24) is 21.1 Å². The zero-order valence-corrected chi connectivity index (χ0v) is 21.2. The summed E-state index contributed by atoms with van der Waals surface area (Å²) < 4.78 is 10.1. The molecule has 2 aromatic rings. The molecule has 0 fully saturated rings. The van der Waals surface area contributed by atoms with Crippen molar-refractivity contribution in [3.8, 4) is 0 Å². The highest BCUT2D eigenvalue weighted by Gasteiger charge is 2.27. The maximum atomic E-state index is 13.0. The fourth-order valence-corrected chi connectivity index (χ4v) is 3.15. The van der Waals surface area contributed by atoms with Gasteiger partial charge in [0.05, 0.1) is 13.7 Å². The lowest BCUT2D eigenvalue weighted by atomic mass is 10.1. The molecule has 0 heterocycles. The average molecular weight is 499 g/mol. The van der Waals surface area contributed by atoms with Gasteiger partial charge in [0, 0.05) is 6.42 Å². The molecule has 0 bridgehead atoms. The number of methoxy groups -OCH3 is 1. The van der Waals surface area contributed by atoms with Gasteiger partial charge in [0.15, 0.2) is 0 Å². The lowest BCUT2D eigenvalue weighted by molar-refractivity contribution is -0.145. The first-order chi connectivity index (χ1) is 17.0. The summed E-state index contributed by atoms with van der Waals surface area (Å²) in [6.07, 6.45) is -0.598. The van der Waals surface area contributed by atoms with Crippen LogP contribution in [-0.2, 0) is 32.0 Å². The van der Waals surface area contributed by atoms with E-state index < -0.39 is 41.7 Å². The van der Waals surface area contributed by atoms with Crippen LogP contribution in [0.1, 0.15) is 38.8 Å². The van der Waals surface area contributed by atoms with Gasteiger partial charge in [0.1, 0.15) is 17.7 Å². The third-order valence-corrected chi connectivity index (χ3v) is 4.87. The standard InChI is InChI=1S/C26H34N4O6/c1-18(22(31)28-21(23(32)35-5)16-19-12-8-6-9-13-19)27-24(33)30(17-20-14-10-7-11-15-20)29-25(34)36-26(2,3)4/h6-15,18,21H,16-17H2,1-5H3,(H,27,33)(H,28,31)(H,29,34)/t18-,21+/m0/s1. The summed E-state index contributed by atoms with van der Waals surface area (Å²) in [6, 6.07) is 15.5. The Morgan fingerprint density at radius 1 is 0.889 bits per heavy atom. The molecule has 0 spiro atoms. The van der Waals surface area contributed by atoms with Gasteiger partial charge in [-0.05, 0) is 38.8 Å². The van der Waals surface area contributed by atoms with Gasteiger partial charge in [0.25, 0.3) is 0 Å². The smallest absolute Gasteiger partial charge is 0.426 e. The Balaban J connectivity index is 2.08. The van der Waals surface area contributed by atoms with E-state index in [2.05, 4.69) is 16.1 Å². The summed E-state index contributed by atoms with van der Waals surface area (Å²) in [5, 5.41) is 6.19. The number of amides is 4. The van der Waals surface area contributed by atoms with Crippen LogP contribution in [-0.4, -0.2) is 53.8 Å². The Kier molecular flexibility index (Phi) is 10.3. The van der Waals surface area contributed by atoms with Crippen molar-refractivity contribution >= 4 is 24.0 Å². The van der Waals surface area contributed by atoms with Gasteiger partial charge in [-0.1, -0.05) is 60.7 Å². The second-order valence-corrected chi connectivity index (χ2v) is 9.13. The van der Waals surface area contributed by atoms with Crippen LogP contribution in [0, 0.1) is 0 Å². The Morgan fingerprint density at radius 3 is 1.97 bits per heavy atom. The number of hydrazine groups is 1. The lowest BCUT2D eigenvalue weighted by Crippen LogP contribution is -2.56. The summed E-state index contributed by atoms with van der Waals surface area (Å²) >= 11 is 0. The Labute approximate surface area is 211 Å². The molecule has 10 nitrogen and oxygen atoms in total. The molecule has 36 heavy (non-hydrogen) atoms. The number of urea groups is 1. The van der Waals surface area contributed by atoms with Gasteiger partial charge in [-0.3, -0.25) is 4.79 Å². The van der Waals surface area contributed by atoms with E-state index in [4.69, 9.17) is 9.47 Å². The second-order valence-electron chi connectivity index (χ2n) is 9.13. The van der Waals surface area contributed by atoms with Crippen LogP contribution >= 0.6 is 0 Å². The predicted octanol–water partition coefficient (Wildman–Crippen LogP) is 2.93. The van der Waals surface area contributed by atoms with Crippen LogP contribution in [0.3, 0.4) is 0 Å². The second kappa shape index (κ2) is 13.1. The van der Waals surface area contributed by atoms with Crippen molar-refractivity contribution in [2.45, 2.75) is 58.3 Å². The van der Waals surface area contributed by atoms with Crippen molar-refractivity contribution in [2.24, 2.45) is 0 Å². The summed E-state index contributed by atoms with van der Waals surface area (Å²) in [5.41, 5.74) is 3.23. The molecule has 10 heteroatoms. The molecular formula is C26H34N4O6. The van der Waals surface area contributed by atoms with E-state index in [9.17, 15) is 19.2 Å². The number of carbonyl (C=O) groups is 4. The zero-order chi connectivity index (χ0) is 26.7. The number of rotatable bonds is 8. The number of nitrogens with one attached hydrogen (secondary N) is 3. The molecular weight excluding hydrogens is 464 g/mol. The molecule has 2 rings (SSSR count). The molecule has 0 aliphatic rings. The van der Waals surface area contributed by atoms with E-state index in [1.54, 1.807) is 45.0 Å². The monoisotopic (exact) mass is 498 g/mol. The van der Waals surface area contributed by atoms with Gasteiger partial charge >= 0.3 is 18.1 Å². The molecule has 0 aliphatic carbocycles. The van der Waals surface area contributed by atoms with Gasteiger partial charge in [-0.2, -0.15) is 0 Å². The minimum Gasteiger partial charge on any atom is -0.467 e. The van der Waals surface area contributed by atoms with Gasteiger partial charge in [0.2, 0.25) is 5.91 Å². The Bertz CT molecular complexity index is 1020. The van der Waals surface area contributed by atoms with Crippen LogP contribution < -0.4 is 16.1 Å². The SMILES string of the molecule is COC(=O)[C@@H](Cc1ccccc1)NC(=O)[C@H](C)NC(=O)N(Cc1ccccc1)NC(=O)OC(C)(C)C. The van der Waals surface area contributed by atoms with Crippen LogP contribution in [0.15, 0.2) is 60.7 Å². The van der Waals surface area contributed by atoms with Crippen molar-refractivity contribution in [2.75, 3.05) is 7.11 Å². The summed E-state index contributed by atoms with van der Waals surface area (Å²) in [4.78, 5) is 50.4. The molecule has 2 aromatic carbocycles. The fourth-order valence-electron chi connectivity index (χ4n) is 3.15. The van der Waals surface area contributed by atoms with E-state index in [0.29, 0.717) is 0 Å². The van der Waals surface area contributed by atoms with Crippen LogP contribution in [0.25, 0.3) is 0 Å². The van der Waals surface area contributed by atoms with E-state index in [1.165, 1.54) is 14.0 Å². The Morgan fingerprint density at radius 2 is 1.44 bits per heavy atom. The molecule has 0 aliphatic heterocycles. The third-order valence-electron chi connectivity index (χ3n) is 4.87. The van der Waals surface area contributed by atoms with Crippen LogP contribution in [0.5, 0.6) is 0 Å². The van der Waals surface area contributed by atoms with Crippen molar-refractivity contribution in [3.63, 3.8) is 0 Å². The predicted molar refractivity (Wildman–Crippen MR) is 133 cm³/mol. The van der Waals surface area contributed by atoms with E-state index in [1.807, 2.05) is 36.4 Å².